The SMILES string of the molecule is CN(C)S(=O)(=O)N1CCC[C@@H](NC(=O)N2C[C@@H]3CCC[C@@]3(C(=O)O)C2)C1. The average molecular weight is 388 g/mol. The number of amides is 2. The van der Waals surface area contributed by atoms with Gasteiger partial charge >= 0.3 is 12.0 Å². The van der Waals surface area contributed by atoms with Crippen LogP contribution in [-0.4, -0.2) is 85.4 Å². The lowest BCUT2D eigenvalue weighted by molar-refractivity contribution is -0.149. The summed E-state index contributed by atoms with van der Waals surface area (Å²) in [4.78, 5) is 26.0. The third kappa shape index (κ3) is 3.29. The second kappa shape index (κ2) is 6.97. The minimum atomic E-state index is -3.50. The van der Waals surface area contributed by atoms with Crippen molar-refractivity contribution >= 4 is 22.2 Å². The van der Waals surface area contributed by atoms with Crippen molar-refractivity contribution in [2.45, 2.75) is 38.1 Å². The number of urea groups is 1. The molecule has 2 aliphatic heterocycles. The minimum Gasteiger partial charge on any atom is -0.481 e. The van der Waals surface area contributed by atoms with Crippen LogP contribution in [0.4, 0.5) is 4.79 Å². The van der Waals surface area contributed by atoms with Gasteiger partial charge in [0.05, 0.1) is 5.41 Å². The van der Waals surface area contributed by atoms with Gasteiger partial charge in [-0.05, 0) is 31.6 Å². The Balaban J connectivity index is 1.61. The Bertz CT molecular complexity index is 682. The Morgan fingerprint density at radius 1 is 1.19 bits per heavy atom. The molecule has 2 N–H and O–H groups in total. The fourth-order valence-corrected chi connectivity index (χ4v) is 5.75. The Kier molecular flexibility index (Phi) is 5.19. The zero-order chi connectivity index (χ0) is 19.1. The van der Waals surface area contributed by atoms with Crippen LogP contribution in [0.3, 0.4) is 0 Å². The average Bonchev–Trinajstić information content (AvgIpc) is 3.13. The van der Waals surface area contributed by atoms with E-state index < -0.39 is 21.6 Å². The van der Waals surface area contributed by atoms with Gasteiger partial charge in [-0.1, -0.05) is 6.42 Å². The maximum atomic E-state index is 12.6. The molecule has 0 spiro atoms. The fourth-order valence-electron chi connectivity index (χ4n) is 4.56. The number of rotatable bonds is 4. The van der Waals surface area contributed by atoms with Crippen molar-refractivity contribution in [3.63, 3.8) is 0 Å². The maximum absolute atomic E-state index is 12.6. The first-order valence-electron chi connectivity index (χ1n) is 9.13. The van der Waals surface area contributed by atoms with Gasteiger partial charge in [0.15, 0.2) is 0 Å². The Morgan fingerprint density at radius 3 is 2.54 bits per heavy atom. The highest BCUT2D eigenvalue weighted by Crippen LogP contribution is 2.48. The molecule has 3 fully saturated rings. The Hall–Kier alpha value is -1.39. The Labute approximate surface area is 154 Å². The number of hydrogen-bond acceptors (Lipinski definition) is 4. The van der Waals surface area contributed by atoms with Gasteiger partial charge in [-0.2, -0.15) is 17.0 Å². The van der Waals surface area contributed by atoms with Crippen LogP contribution in [0, 0.1) is 11.3 Å². The molecule has 9 nitrogen and oxygen atoms in total. The number of piperidine rings is 1. The predicted molar refractivity (Wildman–Crippen MR) is 94.7 cm³/mol. The number of fused-ring (bicyclic) bond motifs is 1. The summed E-state index contributed by atoms with van der Waals surface area (Å²) in [5, 5.41) is 12.6. The van der Waals surface area contributed by atoms with Gasteiger partial charge in [0.1, 0.15) is 0 Å². The molecule has 0 radical (unpaired) electrons. The van der Waals surface area contributed by atoms with Crippen molar-refractivity contribution in [1.29, 1.82) is 0 Å². The summed E-state index contributed by atoms with van der Waals surface area (Å²) in [5.41, 5.74) is -0.801. The van der Waals surface area contributed by atoms with Gasteiger partial charge < -0.3 is 15.3 Å². The zero-order valence-electron chi connectivity index (χ0n) is 15.3. The molecular formula is C16H28N4O5S. The number of hydrogen-bond donors (Lipinski definition) is 2. The molecule has 2 saturated heterocycles. The molecule has 0 aromatic rings. The van der Waals surface area contributed by atoms with E-state index in [1.165, 1.54) is 22.7 Å². The van der Waals surface area contributed by atoms with Crippen LogP contribution in [-0.2, 0) is 15.0 Å². The summed E-state index contributed by atoms with van der Waals surface area (Å²) in [5.74, 6) is -0.793. The van der Waals surface area contributed by atoms with E-state index in [9.17, 15) is 23.1 Å². The van der Waals surface area contributed by atoms with Crippen LogP contribution < -0.4 is 5.32 Å². The van der Waals surface area contributed by atoms with E-state index in [1.807, 2.05) is 0 Å². The summed E-state index contributed by atoms with van der Waals surface area (Å²) in [6.07, 6.45) is 3.75. The lowest BCUT2D eigenvalue weighted by Crippen LogP contribution is -2.54. The number of nitrogens with one attached hydrogen (secondary N) is 1. The van der Waals surface area contributed by atoms with Crippen molar-refractivity contribution in [2.75, 3.05) is 40.3 Å². The molecule has 1 saturated carbocycles. The van der Waals surface area contributed by atoms with Crippen LogP contribution in [0.2, 0.25) is 0 Å². The molecule has 0 aromatic heterocycles. The number of carboxylic acid groups (broad SMARTS) is 1. The molecule has 3 rings (SSSR count). The van der Waals surface area contributed by atoms with Crippen LogP contribution in [0.1, 0.15) is 32.1 Å². The largest absolute Gasteiger partial charge is 0.481 e. The summed E-state index contributed by atoms with van der Waals surface area (Å²) in [6, 6.07) is -0.540. The van der Waals surface area contributed by atoms with Crippen molar-refractivity contribution in [2.24, 2.45) is 11.3 Å². The van der Waals surface area contributed by atoms with Gasteiger partial charge in [-0.3, -0.25) is 4.79 Å². The number of nitrogens with zero attached hydrogens (tertiary/aromatic N) is 3. The first kappa shape index (κ1) is 19.4. The third-order valence-corrected chi connectivity index (χ3v) is 7.99. The molecular weight excluding hydrogens is 360 g/mol. The van der Waals surface area contributed by atoms with Gasteiger partial charge in [-0.15, -0.1) is 0 Å². The molecule has 2 heterocycles. The molecule has 1 aliphatic carbocycles. The molecule has 0 bridgehead atoms. The smallest absolute Gasteiger partial charge is 0.317 e. The van der Waals surface area contributed by atoms with Gasteiger partial charge in [0, 0.05) is 46.3 Å². The summed E-state index contributed by atoms with van der Waals surface area (Å²) >= 11 is 0. The quantitative estimate of drug-likeness (QED) is 0.712. The highest BCUT2D eigenvalue weighted by Gasteiger charge is 2.56. The molecule has 2 amide bonds. The molecule has 3 aliphatic rings. The van der Waals surface area contributed by atoms with E-state index in [1.54, 1.807) is 4.90 Å². The van der Waals surface area contributed by atoms with Crippen molar-refractivity contribution < 1.29 is 23.1 Å². The summed E-state index contributed by atoms with van der Waals surface area (Å²) < 4.78 is 27.1. The predicted octanol–water partition coefficient (Wildman–Crippen LogP) is 0.154. The molecule has 0 unspecified atom stereocenters. The monoisotopic (exact) mass is 388 g/mol. The van der Waals surface area contributed by atoms with Gasteiger partial charge in [0.2, 0.25) is 0 Å². The first-order valence-corrected chi connectivity index (χ1v) is 10.5. The lowest BCUT2D eigenvalue weighted by atomic mass is 9.81. The number of carbonyl (C=O) groups is 2. The van der Waals surface area contributed by atoms with Crippen molar-refractivity contribution in [3.05, 3.63) is 0 Å². The second-order valence-electron chi connectivity index (χ2n) is 7.87. The van der Waals surface area contributed by atoms with Crippen molar-refractivity contribution in [1.82, 2.24) is 18.8 Å². The molecule has 3 atom stereocenters. The van der Waals surface area contributed by atoms with Gasteiger partial charge in [0.25, 0.3) is 10.2 Å². The number of carbonyl (C=O) groups excluding carboxylic acids is 1. The van der Waals surface area contributed by atoms with E-state index in [2.05, 4.69) is 5.32 Å². The molecule has 0 aromatic carbocycles. The van der Waals surface area contributed by atoms with Gasteiger partial charge in [-0.25, -0.2) is 4.79 Å². The summed E-state index contributed by atoms with van der Waals surface area (Å²) in [6.45, 7) is 1.39. The van der Waals surface area contributed by atoms with Crippen LogP contribution in [0.5, 0.6) is 0 Å². The zero-order valence-corrected chi connectivity index (χ0v) is 16.2. The van der Waals surface area contributed by atoms with Crippen molar-refractivity contribution in [3.8, 4) is 0 Å². The topological polar surface area (TPSA) is 110 Å². The number of likely N-dealkylation sites (tertiary alicyclic amines) is 1. The molecule has 10 heteroatoms. The fraction of sp³-hybridized carbons (Fsp3) is 0.875. The first-order chi connectivity index (χ1) is 12.2. The standard InChI is InChI=1S/C16H28N4O5S/c1-18(2)26(24,25)20-8-4-6-13(10-20)17-15(23)19-9-12-5-3-7-16(12,11-19)14(21)22/h12-13H,3-11H2,1-2H3,(H,17,23)(H,21,22)/t12-,13+,16+/m0/s1. The third-order valence-electron chi connectivity index (χ3n) is 6.08. The second-order valence-corrected chi connectivity index (χ2v) is 10.0. The highest BCUT2D eigenvalue weighted by atomic mass is 32.2. The lowest BCUT2D eigenvalue weighted by Gasteiger charge is -2.34. The maximum Gasteiger partial charge on any atom is 0.317 e. The number of carboxylic acids is 1. The molecule has 148 valence electrons. The summed E-state index contributed by atoms with van der Waals surface area (Å²) in [7, 11) is -0.513. The normalized spacial score (nSPS) is 32.7. The van der Waals surface area contributed by atoms with E-state index in [4.69, 9.17) is 0 Å². The Morgan fingerprint density at radius 2 is 1.92 bits per heavy atom. The van der Waals surface area contributed by atoms with E-state index in [0.29, 0.717) is 32.4 Å². The molecule has 26 heavy (non-hydrogen) atoms. The van der Waals surface area contributed by atoms with E-state index in [0.717, 1.165) is 12.8 Å². The van der Waals surface area contributed by atoms with E-state index >= 15 is 0 Å². The number of aliphatic carboxylic acids is 1. The minimum absolute atomic E-state index is 0.0164. The van der Waals surface area contributed by atoms with Crippen LogP contribution in [0.25, 0.3) is 0 Å². The van der Waals surface area contributed by atoms with Crippen LogP contribution in [0.15, 0.2) is 0 Å². The van der Waals surface area contributed by atoms with E-state index in [-0.39, 0.29) is 31.1 Å². The highest BCUT2D eigenvalue weighted by molar-refractivity contribution is 7.86. The van der Waals surface area contributed by atoms with Crippen LogP contribution >= 0.6 is 0 Å².